The largest absolute Gasteiger partial charge is 0.459 e. The van der Waals surface area contributed by atoms with Gasteiger partial charge in [0.15, 0.2) is 0 Å². The Hall–Kier alpha value is -0.570. The van der Waals surface area contributed by atoms with E-state index < -0.39 is 5.60 Å². The molecular formula is C13H27NO2. The van der Waals surface area contributed by atoms with Crippen molar-refractivity contribution >= 4 is 5.97 Å². The highest BCUT2D eigenvalue weighted by Crippen LogP contribution is 2.10. The van der Waals surface area contributed by atoms with Gasteiger partial charge in [0.05, 0.1) is 0 Å². The van der Waals surface area contributed by atoms with Crippen LogP contribution in [0.25, 0.3) is 0 Å². The highest BCUT2D eigenvalue weighted by Gasteiger charge is 2.22. The predicted octanol–water partition coefficient (Wildman–Crippen LogP) is 2.74. The number of hydrogen-bond donors (Lipinski definition) is 1. The van der Waals surface area contributed by atoms with Crippen molar-refractivity contribution in [3.63, 3.8) is 0 Å². The van der Waals surface area contributed by atoms with Crippen molar-refractivity contribution in [2.75, 3.05) is 0 Å². The molecule has 0 rings (SSSR count). The summed E-state index contributed by atoms with van der Waals surface area (Å²) in [4.78, 5) is 11.7. The van der Waals surface area contributed by atoms with Gasteiger partial charge in [-0.25, -0.2) is 0 Å². The normalized spacial score (nSPS) is 16.0. The molecule has 0 bridgehead atoms. The first-order valence-corrected chi connectivity index (χ1v) is 6.10. The molecule has 16 heavy (non-hydrogen) atoms. The third-order valence-electron chi connectivity index (χ3n) is 2.12. The summed E-state index contributed by atoms with van der Waals surface area (Å²) in [7, 11) is 0. The van der Waals surface area contributed by atoms with E-state index in [1.807, 2.05) is 27.7 Å². The molecule has 0 fully saturated rings. The summed E-state index contributed by atoms with van der Waals surface area (Å²) in [6.45, 7) is 14.0. The van der Waals surface area contributed by atoms with Gasteiger partial charge in [-0.15, -0.1) is 0 Å². The standard InChI is InChI=1S/C13H27NO2/c1-9(2)8-10(3)14-11(4)12(15)16-13(5,6)7/h9-11,14H,8H2,1-7H3/t10?,11-/m1/s1. The quantitative estimate of drug-likeness (QED) is 0.737. The van der Waals surface area contributed by atoms with E-state index in [1.54, 1.807) is 0 Å². The van der Waals surface area contributed by atoms with Gasteiger partial charge in [0.1, 0.15) is 11.6 Å². The molecule has 0 saturated carbocycles. The van der Waals surface area contributed by atoms with E-state index in [1.165, 1.54) is 0 Å². The van der Waals surface area contributed by atoms with Crippen LogP contribution < -0.4 is 5.32 Å². The Morgan fingerprint density at radius 1 is 1.19 bits per heavy atom. The van der Waals surface area contributed by atoms with Gasteiger partial charge < -0.3 is 10.1 Å². The van der Waals surface area contributed by atoms with Crippen molar-refractivity contribution in [2.24, 2.45) is 5.92 Å². The van der Waals surface area contributed by atoms with Crippen LogP contribution in [0.3, 0.4) is 0 Å². The fourth-order valence-electron chi connectivity index (χ4n) is 1.66. The molecule has 96 valence electrons. The van der Waals surface area contributed by atoms with Gasteiger partial charge >= 0.3 is 5.97 Å². The van der Waals surface area contributed by atoms with E-state index in [2.05, 4.69) is 26.1 Å². The number of esters is 1. The summed E-state index contributed by atoms with van der Waals surface area (Å²) in [5.74, 6) is 0.455. The third kappa shape index (κ3) is 7.69. The maximum absolute atomic E-state index is 11.7. The van der Waals surface area contributed by atoms with Gasteiger partial charge in [-0.3, -0.25) is 4.79 Å². The third-order valence-corrected chi connectivity index (χ3v) is 2.12. The van der Waals surface area contributed by atoms with Gasteiger partial charge in [0, 0.05) is 6.04 Å². The minimum absolute atomic E-state index is 0.178. The average Bonchev–Trinajstić information content (AvgIpc) is 1.98. The number of carbonyl (C=O) groups is 1. The first-order valence-electron chi connectivity index (χ1n) is 6.10. The van der Waals surface area contributed by atoms with E-state index >= 15 is 0 Å². The van der Waals surface area contributed by atoms with Crippen molar-refractivity contribution < 1.29 is 9.53 Å². The first-order chi connectivity index (χ1) is 7.11. The lowest BCUT2D eigenvalue weighted by atomic mass is 10.0. The Balaban J connectivity index is 4.05. The van der Waals surface area contributed by atoms with Crippen LogP contribution in [0.4, 0.5) is 0 Å². The van der Waals surface area contributed by atoms with Crippen molar-refractivity contribution in [1.82, 2.24) is 5.32 Å². The summed E-state index contributed by atoms with van der Waals surface area (Å²) in [5, 5.41) is 3.26. The number of rotatable bonds is 5. The van der Waals surface area contributed by atoms with E-state index in [4.69, 9.17) is 4.74 Å². The fourth-order valence-corrected chi connectivity index (χ4v) is 1.66. The van der Waals surface area contributed by atoms with Crippen LogP contribution in [0.5, 0.6) is 0 Å². The van der Waals surface area contributed by atoms with Crippen molar-refractivity contribution in [3.8, 4) is 0 Å². The van der Waals surface area contributed by atoms with E-state index in [0.29, 0.717) is 12.0 Å². The molecule has 0 heterocycles. The van der Waals surface area contributed by atoms with Crippen LogP contribution in [0, 0.1) is 5.92 Å². The van der Waals surface area contributed by atoms with Crippen molar-refractivity contribution in [2.45, 2.75) is 72.6 Å². The van der Waals surface area contributed by atoms with Gasteiger partial charge in [0.2, 0.25) is 0 Å². The summed E-state index contributed by atoms with van der Waals surface area (Å²) in [5.41, 5.74) is -0.408. The Bertz CT molecular complexity index is 218. The molecule has 0 aliphatic heterocycles. The molecule has 0 spiro atoms. The molecule has 3 heteroatoms. The molecule has 0 aliphatic carbocycles. The van der Waals surface area contributed by atoms with Crippen LogP contribution in [0.1, 0.15) is 54.9 Å². The minimum atomic E-state index is -0.408. The van der Waals surface area contributed by atoms with Crippen LogP contribution in [-0.2, 0) is 9.53 Å². The Morgan fingerprint density at radius 2 is 1.69 bits per heavy atom. The zero-order valence-corrected chi connectivity index (χ0v) is 11.8. The molecule has 0 radical (unpaired) electrons. The lowest BCUT2D eigenvalue weighted by Gasteiger charge is -2.25. The Labute approximate surface area is 99.9 Å². The van der Waals surface area contributed by atoms with Crippen LogP contribution >= 0.6 is 0 Å². The average molecular weight is 229 g/mol. The molecule has 0 aromatic heterocycles. The second-order valence-corrected chi connectivity index (χ2v) is 5.95. The molecule has 3 nitrogen and oxygen atoms in total. The molecule has 0 aromatic carbocycles. The maximum atomic E-state index is 11.7. The Morgan fingerprint density at radius 3 is 2.06 bits per heavy atom. The van der Waals surface area contributed by atoms with Gasteiger partial charge in [-0.1, -0.05) is 13.8 Å². The first kappa shape index (κ1) is 15.4. The van der Waals surface area contributed by atoms with Crippen molar-refractivity contribution in [3.05, 3.63) is 0 Å². The van der Waals surface area contributed by atoms with Crippen LogP contribution in [0.15, 0.2) is 0 Å². The molecule has 0 amide bonds. The lowest BCUT2D eigenvalue weighted by molar-refractivity contribution is -0.157. The second kappa shape index (κ2) is 6.24. The summed E-state index contributed by atoms with van der Waals surface area (Å²) >= 11 is 0. The highest BCUT2D eigenvalue weighted by molar-refractivity contribution is 5.75. The topological polar surface area (TPSA) is 38.3 Å². The van der Waals surface area contributed by atoms with Gasteiger partial charge in [-0.2, -0.15) is 0 Å². The number of hydrogen-bond acceptors (Lipinski definition) is 3. The molecule has 0 aliphatic rings. The number of nitrogens with one attached hydrogen (secondary N) is 1. The van der Waals surface area contributed by atoms with E-state index in [9.17, 15) is 4.79 Å². The number of carbonyl (C=O) groups excluding carboxylic acids is 1. The SMILES string of the molecule is CC(C)CC(C)N[C@H](C)C(=O)OC(C)(C)C. The Kier molecular flexibility index (Phi) is 6.01. The molecule has 2 atom stereocenters. The lowest BCUT2D eigenvalue weighted by Crippen LogP contribution is -2.43. The molecular weight excluding hydrogens is 202 g/mol. The minimum Gasteiger partial charge on any atom is -0.459 e. The molecule has 1 N–H and O–H groups in total. The zero-order chi connectivity index (χ0) is 12.9. The van der Waals surface area contributed by atoms with E-state index in [-0.39, 0.29) is 12.0 Å². The molecule has 0 saturated heterocycles. The van der Waals surface area contributed by atoms with Crippen molar-refractivity contribution in [1.29, 1.82) is 0 Å². The molecule has 0 aromatic rings. The number of ether oxygens (including phenoxy) is 1. The maximum Gasteiger partial charge on any atom is 0.323 e. The van der Waals surface area contributed by atoms with Gasteiger partial charge in [0.25, 0.3) is 0 Å². The zero-order valence-electron chi connectivity index (χ0n) is 11.8. The second-order valence-electron chi connectivity index (χ2n) is 5.95. The predicted molar refractivity (Wildman–Crippen MR) is 67.4 cm³/mol. The smallest absolute Gasteiger partial charge is 0.323 e. The molecule has 1 unspecified atom stereocenters. The van der Waals surface area contributed by atoms with Crippen LogP contribution in [0.2, 0.25) is 0 Å². The van der Waals surface area contributed by atoms with E-state index in [0.717, 1.165) is 6.42 Å². The summed E-state index contributed by atoms with van der Waals surface area (Å²) < 4.78 is 5.30. The highest BCUT2D eigenvalue weighted by atomic mass is 16.6. The van der Waals surface area contributed by atoms with Gasteiger partial charge in [-0.05, 0) is 47.0 Å². The summed E-state index contributed by atoms with van der Waals surface area (Å²) in [6.07, 6.45) is 1.06. The van der Waals surface area contributed by atoms with Crippen LogP contribution in [-0.4, -0.2) is 23.7 Å². The summed E-state index contributed by atoms with van der Waals surface area (Å²) in [6, 6.07) is 0.0930. The fraction of sp³-hybridized carbons (Fsp3) is 0.923. The monoisotopic (exact) mass is 229 g/mol.